The maximum absolute atomic E-state index is 6.04. The number of hydrogen-bond donors (Lipinski definition) is 1. The summed E-state index contributed by atoms with van der Waals surface area (Å²) in [6, 6.07) is 0. The molecule has 0 spiro atoms. The predicted octanol–water partition coefficient (Wildman–Crippen LogP) is 2.98. The van der Waals surface area contributed by atoms with Crippen LogP contribution in [0, 0.1) is 0 Å². The first kappa shape index (κ1) is 16.2. The van der Waals surface area contributed by atoms with E-state index in [4.69, 9.17) is 5.73 Å². The maximum Gasteiger partial charge on any atom is 0.0775 e. The number of rotatable bonds is 8. The van der Waals surface area contributed by atoms with Crippen LogP contribution in [0.5, 0.6) is 0 Å². The molecule has 1 aromatic heterocycles. The standard InChI is InChI=1S/C14H25BrN4/c1-4-18(5-2)8-7-9-19(6-3)14-12(15)10-17-11-13(14)16/h10-11H,4-9,16H2,1-3H3. The number of nitrogen functional groups attached to an aromatic ring is 1. The Morgan fingerprint density at radius 1 is 1.11 bits per heavy atom. The lowest BCUT2D eigenvalue weighted by atomic mass is 10.2. The Balaban J connectivity index is 2.63. The molecule has 0 aromatic carbocycles. The summed E-state index contributed by atoms with van der Waals surface area (Å²) in [7, 11) is 0. The summed E-state index contributed by atoms with van der Waals surface area (Å²) in [6.45, 7) is 11.9. The molecule has 1 heterocycles. The number of aromatic nitrogens is 1. The molecule has 108 valence electrons. The second-order valence-corrected chi connectivity index (χ2v) is 5.37. The van der Waals surface area contributed by atoms with Gasteiger partial charge in [0.2, 0.25) is 0 Å². The summed E-state index contributed by atoms with van der Waals surface area (Å²) in [4.78, 5) is 8.84. The maximum atomic E-state index is 6.04. The van der Waals surface area contributed by atoms with Crippen LogP contribution in [0.1, 0.15) is 27.2 Å². The van der Waals surface area contributed by atoms with Crippen molar-refractivity contribution in [3.63, 3.8) is 0 Å². The summed E-state index contributed by atoms with van der Waals surface area (Å²) in [5.74, 6) is 0. The fourth-order valence-corrected chi connectivity index (χ4v) is 2.83. The second-order valence-electron chi connectivity index (χ2n) is 4.52. The first-order valence-corrected chi connectivity index (χ1v) is 7.79. The largest absolute Gasteiger partial charge is 0.396 e. The van der Waals surface area contributed by atoms with Crippen LogP contribution in [0.25, 0.3) is 0 Å². The van der Waals surface area contributed by atoms with Crippen molar-refractivity contribution in [2.45, 2.75) is 27.2 Å². The molecule has 0 saturated heterocycles. The van der Waals surface area contributed by atoms with Crippen molar-refractivity contribution < 1.29 is 0 Å². The molecule has 0 atom stereocenters. The minimum Gasteiger partial charge on any atom is -0.396 e. The van der Waals surface area contributed by atoms with Gasteiger partial charge in [-0.1, -0.05) is 13.8 Å². The normalized spacial score (nSPS) is 11.0. The van der Waals surface area contributed by atoms with Gasteiger partial charge in [0.15, 0.2) is 0 Å². The molecule has 0 aliphatic heterocycles. The average Bonchev–Trinajstić information content (AvgIpc) is 2.41. The highest BCUT2D eigenvalue weighted by Gasteiger charge is 2.12. The first-order chi connectivity index (χ1) is 9.13. The van der Waals surface area contributed by atoms with E-state index < -0.39 is 0 Å². The summed E-state index contributed by atoms with van der Waals surface area (Å²) in [6.07, 6.45) is 4.66. The summed E-state index contributed by atoms with van der Waals surface area (Å²) < 4.78 is 0.970. The second kappa shape index (κ2) is 8.38. The van der Waals surface area contributed by atoms with Crippen LogP contribution in [0.3, 0.4) is 0 Å². The number of anilines is 2. The average molecular weight is 329 g/mol. The van der Waals surface area contributed by atoms with E-state index in [1.54, 1.807) is 12.4 Å². The fourth-order valence-electron chi connectivity index (χ4n) is 2.23. The van der Waals surface area contributed by atoms with Crippen LogP contribution < -0.4 is 10.6 Å². The molecule has 1 rings (SSSR count). The van der Waals surface area contributed by atoms with Gasteiger partial charge < -0.3 is 15.5 Å². The van der Waals surface area contributed by atoms with Gasteiger partial charge in [0.25, 0.3) is 0 Å². The lowest BCUT2D eigenvalue weighted by Gasteiger charge is -2.27. The van der Waals surface area contributed by atoms with Gasteiger partial charge >= 0.3 is 0 Å². The van der Waals surface area contributed by atoms with Crippen molar-refractivity contribution in [3.05, 3.63) is 16.9 Å². The first-order valence-electron chi connectivity index (χ1n) is 7.00. The monoisotopic (exact) mass is 328 g/mol. The highest BCUT2D eigenvalue weighted by atomic mass is 79.9. The van der Waals surface area contributed by atoms with Gasteiger partial charge in [-0.15, -0.1) is 0 Å². The summed E-state index contributed by atoms with van der Waals surface area (Å²) in [5, 5.41) is 0. The predicted molar refractivity (Wildman–Crippen MR) is 86.6 cm³/mol. The Kier molecular flexibility index (Phi) is 7.16. The van der Waals surface area contributed by atoms with E-state index in [1.807, 2.05) is 0 Å². The zero-order valence-electron chi connectivity index (χ0n) is 12.2. The van der Waals surface area contributed by atoms with Crippen molar-refractivity contribution in [3.8, 4) is 0 Å². The van der Waals surface area contributed by atoms with Crippen LogP contribution in [-0.2, 0) is 0 Å². The Labute approximate surface area is 125 Å². The van der Waals surface area contributed by atoms with Crippen LogP contribution in [0.2, 0.25) is 0 Å². The van der Waals surface area contributed by atoms with Crippen LogP contribution in [-0.4, -0.2) is 42.6 Å². The van der Waals surface area contributed by atoms with Crippen molar-refractivity contribution in [2.75, 3.05) is 43.4 Å². The third-order valence-electron chi connectivity index (χ3n) is 3.40. The van der Waals surface area contributed by atoms with Crippen LogP contribution in [0.4, 0.5) is 11.4 Å². The minimum absolute atomic E-state index is 0.735. The van der Waals surface area contributed by atoms with E-state index in [2.05, 4.69) is 51.5 Å². The molecule has 0 aliphatic carbocycles. The van der Waals surface area contributed by atoms with Gasteiger partial charge in [0, 0.05) is 19.3 Å². The van der Waals surface area contributed by atoms with Crippen LogP contribution in [0.15, 0.2) is 16.9 Å². The number of nitrogens with two attached hydrogens (primary N) is 1. The van der Waals surface area contributed by atoms with Gasteiger partial charge in [0.1, 0.15) is 0 Å². The van der Waals surface area contributed by atoms with Gasteiger partial charge in [-0.3, -0.25) is 4.98 Å². The lowest BCUT2D eigenvalue weighted by Crippen LogP contribution is -2.30. The van der Waals surface area contributed by atoms with E-state index in [-0.39, 0.29) is 0 Å². The van der Waals surface area contributed by atoms with E-state index in [1.165, 1.54) is 0 Å². The smallest absolute Gasteiger partial charge is 0.0775 e. The fraction of sp³-hybridized carbons (Fsp3) is 0.643. The molecule has 0 bridgehead atoms. The zero-order valence-corrected chi connectivity index (χ0v) is 13.8. The van der Waals surface area contributed by atoms with E-state index >= 15 is 0 Å². The molecule has 0 fully saturated rings. The Morgan fingerprint density at radius 2 is 1.79 bits per heavy atom. The topological polar surface area (TPSA) is 45.4 Å². The number of halogens is 1. The van der Waals surface area contributed by atoms with E-state index in [9.17, 15) is 0 Å². The number of pyridine rings is 1. The van der Waals surface area contributed by atoms with Gasteiger partial charge in [-0.05, 0) is 48.9 Å². The number of nitrogens with zero attached hydrogens (tertiary/aromatic N) is 3. The van der Waals surface area contributed by atoms with Crippen molar-refractivity contribution >= 4 is 27.3 Å². The quantitative estimate of drug-likeness (QED) is 0.796. The molecular formula is C14H25BrN4. The molecule has 0 aliphatic rings. The van der Waals surface area contributed by atoms with E-state index in [0.717, 1.165) is 55.0 Å². The highest BCUT2D eigenvalue weighted by Crippen LogP contribution is 2.31. The minimum atomic E-state index is 0.735. The lowest BCUT2D eigenvalue weighted by molar-refractivity contribution is 0.301. The molecule has 5 heteroatoms. The SMILES string of the molecule is CCN(CC)CCCN(CC)c1c(N)cncc1Br. The Hall–Kier alpha value is -0.810. The van der Waals surface area contributed by atoms with Crippen molar-refractivity contribution in [1.29, 1.82) is 0 Å². The zero-order chi connectivity index (χ0) is 14.3. The molecule has 4 nitrogen and oxygen atoms in total. The molecule has 0 radical (unpaired) electrons. The van der Waals surface area contributed by atoms with Gasteiger partial charge in [0.05, 0.1) is 22.0 Å². The molecule has 0 unspecified atom stereocenters. The molecule has 1 aromatic rings. The Bertz CT molecular complexity index is 359. The molecule has 0 amide bonds. The summed E-state index contributed by atoms with van der Waals surface area (Å²) in [5.41, 5.74) is 7.84. The molecule has 0 saturated carbocycles. The molecule has 19 heavy (non-hydrogen) atoms. The highest BCUT2D eigenvalue weighted by molar-refractivity contribution is 9.10. The Morgan fingerprint density at radius 3 is 2.32 bits per heavy atom. The van der Waals surface area contributed by atoms with Gasteiger partial charge in [-0.2, -0.15) is 0 Å². The molecular weight excluding hydrogens is 304 g/mol. The number of hydrogen-bond acceptors (Lipinski definition) is 4. The van der Waals surface area contributed by atoms with Crippen molar-refractivity contribution in [2.24, 2.45) is 0 Å². The van der Waals surface area contributed by atoms with E-state index in [0.29, 0.717) is 0 Å². The third kappa shape index (κ3) is 4.66. The third-order valence-corrected chi connectivity index (χ3v) is 3.98. The van der Waals surface area contributed by atoms with Gasteiger partial charge in [-0.25, -0.2) is 0 Å². The van der Waals surface area contributed by atoms with Crippen LogP contribution >= 0.6 is 15.9 Å². The van der Waals surface area contributed by atoms with Crippen molar-refractivity contribution in [1.82, 2.24) is 9.88 Å². The molecule has 2 N–H and O–H groups in total. The summed E-state index contributed by atoms with van der Waals surface area (Å²) >= 11 is 3.54.